The van der Waals surface area contributed by atoms with Gasteiger partial charge in [0.05, 0.1) is 5.56 Å². The van der Waals surface area contributed by atoms with Crippen LogP contribution in [0.15, 0.2) is 12.1 Å². The number of hydrogen-bond donors (Lipinski definition) is 2. The summed E-state index contributed by atoms with van der Waals surface area (Å²) in [5, 5.41) is 2.77. The van der Waals surface area contributed by atoms with Gasteiger partial charge in [-0.2, -0.15) is 13.2 Å². The van der Waals surface area contributed by atoms with E-state index >= 15 is 0 Å². The molecule has 1 aliphatic heterocycles. The molecule has 1 atom stereocenters. The number of anilines is 1. The molecular weight excluding hydrogens is 287 g/mol. The zero-order valence-corrected chi connectivity index (χ0v) is 11.2. The highest BCUT2D eigenvalue weighted by atomic mass is 19.4. The molecular formula is C13H16F3N3O2. The van der Waals surface area contributed by atoms with E-state index in [0.717, 1.165) is 25.0 Å². The predicted octanol–water partition coefficient (Wildman–Crippen LogP) is 2.04. The summed E-state index contributed by atoms with van der Waals surface area (Å²) >= 11 is 0. The number of alkyl halides is 3. The summed E-state index contributed by atoms with van der Waals surface area (Å²) < 4.78 is 43.2. The Bertz CT molecular complexity index is 514. The van der Waals surface area contributed by atoms with Gasteiger partial charge in [-0.3, -0.25) is 4.79 Å². The van der Waals surface area contributed by atoms with Gasteiger partial charge in [-0.15, -0.1) is 0 Å². The topological polar surface area (TPSA) is 77.2 Å². The number of rotatable bonds is 5. The minimum Gasteiger partial charge on any atom is -0.381 e. The van der Waals surface area contributed by atoms with Crippen molar-refractivity contribution in [3.8, 4) is 0 Å². The lowest BCUT2D eigenvalue weighted by atomic mass is 10.1. The van der Waals surface area contributed by atoms with E-state index in [1.54, 1.807) is 0 Å². The molecule has 2 heterocycles. The minimum absolute atomic E-state index is 0.0503. The number of primary amides is 1. The van der Waals surface area contributed by atoms with Crippen molar-refractivity contribution in [3.05, 3.63) is 23.4 Å². The number of aromatic nitrogens is 1. The van der Waals surface area contributed by atoms with Crippen molar-refractivity contribution >= 4 is 11.7 Å². The number of nitrogens with two attached hydrogens (primary N) is 1. The number of hydrogen-bond acceptors (Lipinski definition) is 4. The molecule has 0 spiro atoms. The maximum atomic E-state index is 12.6. The Balaban J connectivity index is 2.08. The standard InChI is InChI=1S/C13H16F3N3O2/c14-13(15,16)10-2-1-9(11(17)20)12(19-10)18-5-3-8-4-6-21-7-8/h1-2,8H,3-7H2,(H2,17,20)(H,18,19). The maximum absolute atomic E-state index is 12.6. The van der Waals surface area contributed by atoms with Gasteiger partial charge in [0.25, 0.3) is 5.91 Å². The predicted molar refractivity (Wildman–Crippen MR) is 69.8 cm³/mol. The van der Waals surface area contributed by atoms with Crippen molar-refractivity contribution in [1.29, 1.82) is 0 Å². The van der Waals surface area contributed by atoms with Crippen LogP contribution in [0, 0.1) is 5.92 Å². The highest BCUT2D eigenvalue weighted by Gasteiger charge is 2.33. The van der Waals surface area contributed by atoms with Gasteiger partial charge in [0.2, 0.25) is 0 Å². The van der Waals surface area contributed by atoms with Gasteiger partial charge in [-0.1, -0.05) is 0 Å². The Morgan fingerprint density at radius 3 is 2.81 bits per heavy atom. The van der Waals surface area contributed by atoms with E-state index in [4.69, 9.17) is 10.5 Å². The lowest BCUT2D eigenvalue weighted by Gasteiger charge is -2.13. The smallest absolute Gasteiger partial charge is 0.381 e. The second kappa shape index (κ2) is 6.30. The van der Waals surface area contributed by atoms with E-state index in [9.17, 15) is 18.0 Å². The van der Waals surface area contributed by atoms with Gasteiger partial charge < -0.3 is 15.8 Å². The van der Waals surface area contributed by atoms with E-state index in [1.807, 2.05) is 0 Å². The molecule has 1 saturated heterocycles. The van der Waals surface area contributed by atoms with Crippen LogP contribution in [-0.4, -0.2) is 30.6 Å². The molecule has 0 saturated carbocycles. The molecule has 116 valence electrons. The molecule has 2 rings (SSSR count). The number of amides is 1. The van der Waals surface area contributed by atoms with Crippen LogP contribution < -0.4 is 11.1 Å². The summed E-state index contributed by atoms with van der Waals surface area (Å²) in [4.78, 5) is 14.7. The Kier molecular flexibility index (Phi) is 4.66. The van der Waals surface area contributed by atoms with Gasteiger partial charge in [-0.05, 0) is 30.9 Å². The third kappa shape index (κ3) is 4.07. The van der Waals surface area contributed by atoms with Crippen molar-refractivity contribution < 1.29 is 22.7 Å². The number of nitrogens with zero attached hydrogens (tertiary/aromatic N) is 1. The highest BCUT2D eigenvalue weighted by molar-refractivity contribution is 5.97. The summed E-state index contributed by atoms with van der Waals surface area (Å²) in [6.45, 7) is 1.77. The lowest BCUT2D eigenvalue weighted by molar-refractivity contribution is -0.141. The van der Waals surface area contributed by atoms with E-state index in [1.165, 1.54) is 0 Å². The van der Waals surface area contributed by atoms with E-state index in [0.29, 0.717) is 25.7 Å². The number of nitrogens with one attached hydrogen (secondary N) is 1. The SMILES string of the molecule is NC(=O)c1ccc(C(F)(F)F)nc1NCCC1CCOC1. The summed E-state index contributed by atoms with van der Waals surface area (Å²) in [5.74, 6) is -0.570. The van der Waals surface area contributed by atoms with Crippen molar-refractivity contribution in [2.75, 3.05) is 25.1 Å². The average molecular weight is 303 g/mol. The average Bonchev–Trinajstić information content (AvgIpc) is 2.90. The van der Waals surface area contributed by atoms with E-state index in [2.05, 4.69) is 10.3 Å². The quantitative estimate of drug-likeness (QED) is 0.872. The molecule has 1 amide bonds. The first kappa shape index (κ1) is 15.6. The summed E-state index contributed by atoms with van der Waals surface area (Å²) in [5.41, 5.74) is 4.04. The monoisotopic (exact) mass is 303 g/mol. The zero-order valence-electron chi connectivity index (χ0n) is 11.2. The molecule has 0 radical (unpaired) electrons. The molecule has 0 aromatic carbocycles. The molecule has 1 aromatic rings. The summed E-state index contributed by atoms with van der Waals surface area (Å²) in [6.07, 6.45) is -2.90. The van der Waals surface area contributed by atoms with Crippen molar-refractivity contribution in [3.63, 3.8) is 0 Å². The van der Waals surface area contributed by atoms with Crippen LogP contribution in [0.1, 0.15) is 28.9 Å². The first-order chi connectivity index (χ1) is 9.88. The fourth-order valence-corrected chi connectivity index (χ4v) is 2.16. The van der Waals surface area contributed by atoms with Gasteiger partial charge in [-0.25, -0.2) is 4.98 Å². The first-order valence-corrected chi connectivity index (χ1v) is 6.57. The summed E-state index contributed by atoms with van der Waals surface area (Å²) in [6, 6.07) is 1.79. The van der Waals surface area contributed by atoms with Crippen LogP contribution in [0.2, 0.25) is 0 Å². The third-order valence-electron chi connectivity index (χ3n) is 3.32. The second-order valence-corrected chi connectivity index (χ2v) is 4.90. The first-order valence-electron chi connectivity index (χ1n) is 6.57. The van der Waals surface area contributed by atoms with Crippen LogP contribution in [0.25, 0.3) is 0 Å². The van der Waals surface area contributed by atoms with Crippen LogP contribution in [0.3, 0.4) is 0 Å². The van der Waals surface area contributed by atoms with Crippen LogP contribution >= 0.6 is 0 Å². The Labute approximate surface area is 119 Å². The molecule has 1 unspecified atom stereocenters. The third-order valence-corrected chi connectivity index (χ3v) is 3.32. The number of halogens is 3. The molecule has 1 aromatic heterocycles. The fraction of sp³-hybridized carbons (Fsp3) is 0.538. The second-order valence-electron chi connectivity index (χ2n) is 4.90. The van der Waals surface area contributed by atoms with E-state index < -0.39 is 17.8 Å². The van der Waals surface area contributed by atoms with Crippen molar-refractivity contribution in [1.82, 2.24) is 4.98 Å². The van der Waals surface area contributed by atoms with Gasteiger partial charge >= 0.3 is 6.18 Å². The largest absolute Gasteiger partial charge is 0.433 e. The minimum atomic E-state index is -4.56. The molecule has 1 fully saturated rings. The number of carbonyl (C=O) groups is 1. The Hall–Kier alpha value is -1.83. The molecule has 5 nitrogen and oxygen atoms in total. The zero-order chi connectivity index (χ0) is 15.5. The van der Waals surface area contributed by atoms with E-state index in [-0.39, 0.29) is 11.4 Å². The van der Waals surface area contributed by atoms with Crippen LogP contribution in [-0.2, 0) is 10.9 Å². The fourth-order valence-electron chi connectivity index (χ4n) is 2.16. The lowest BCUT2D eigenvalue weighted by Crippen LogP contribution is -2.19. The van der Waals surface area contributed by atoms with Crippen molar-refractivity contribution in [2.24, 2.45) is 11.7 Å². The molecule has 0 aliphatic carbocycles. The van der Waals surface area contributed by atoms with Gasteiger partial charge in [0, 0.05) is 19.8 Å². The Morgan fingerprint density at radius 1 is 1.48 bits per heavy atom. The molecule has 0 bridgehead atoms. The number of carbonyl (C=O) groups excluding carboxylic acids is 1. The normalized spacial score (nSPS) is 18.7. The Morgan fingerprint density at radius 2 is 2.24 bits per heavy atom. The maximum Gasteiger partial charge on any atom is 0.433 e. The van der Waals surface area contributed by atoms with Crippen LogP contribution in [0.5, 0.6) is 0 Å². The van der Waals surface area contributed by atoms with Crippen molar-refractivity contribution in [2.45, 2.75) is 19.0 Å². The molecule has 1 aliphatic rings. The van der Waals surface area contributed by atoms with Gasteiger partial charge in [0.15, 0.2) is 0 Å². The molecule has 8 heteroatoms. The molecule has 21 heavy (non-hydrogen) atoms. The number of pyridine rings is 1. The molecule has 3 N–H and O–H groups in total. The highest BCUT2D eigenvalue weighted by Crippen LogP contribution is 2.29. The van der Waals surface area contributed by atoms with Gasteiger partial charge in [0.1, 0.15) is 11.5 Å². The summed E-state index contributed by atoms with van der Waals surface area (Å²) in [7, 11) is 0. The number of ether oxygens (including phenoxy) is 1. The van der Waals surface area contributed by atoms with Crippen LogP contribution in [0.4, 0.5) is 19.0 Å².